The zero-order valence-corrected chi connectivity index (χ0v) is 21.5. The van der Waals surface area contributed by atoms with Crippen molar-refractivity contribution in [2.75, 3.05) is 10.3 Å². The molecule has 0 aliphatic rings. The Morgan fingerprint density at radius 1 is 0.410 bits per heavy atom. The van der Waals surface area contributed by atoms with Gasteiger partial charge in [0.2, 0.25) is 0 Å². The van der Waals surface area contributed by atoms with E-state index in [0.717, 1.165) is 45.0 Å². The summed E-state index contributed by atoms with van der Waals surface area (Å²) in [4.78, 5) is 2.33. The number of anilines is 4. The van der Waals surface area contributed by atoms with E-state index in [4.69, 9.17) is 5.84 Å². The summed E-state index contributed by atoms with van der Waals surface area (Å²) in [5.74, 6) is 5.85. The molecule has 0 atom stereocenters. The third-order valence-electron chi connectivity index (χ3n) is 6.90. The Labute approximate surface area is 229 Å². The van der Waals surface area contributed by atoms with Crippen LogP contribution in [0, 0.1) is 0 Å². The fraction of sp³-hybridized carbons (Fsp3) is 0. The number of nitrogen functional groups attached to an aromatic ring is 1. The van der Waals surface area contributed by atoms with E-state index in [1.807, 2.05) is 18.2 Å². The van der Waals surface area contributed by atoms with E-state index in [1.54, 1.807) is 0 Å². The lowest BCUT2D eigenvalue weighted by Crippen LogP contribution is -2.14. The van der Waals surface area contributed by atoms with Crippen LogP contribution in [0.4, 0.5) is 22.7 Å². The summed E-state index contributed by atoms with van der Waals surface area (Å²) in [7, 11) is 0. The quantitative estimate of drug-likeness (QED) is 0.168. The topological polar surface area (TPSA) is 41.3 Å². The summed E-state index contributed by atoms with van der Waals surface area (Å²) in [6, 6.07) is 55.2. The fourth-order valence-electron chi connectivity index (χ4n) is 5.07. The monoisotopic (exact) mass is 503 g/mol. The largest absolute Gasteiger partial charge is 0.324 e. The van der Waals surface area contributed by atoms with Gasteiger partial charge in [0.15, 0.2) is 0 Å². The molecular formula is C36H29N3. The smallest absolute Gasteiger partial charge is 0.0618 e. The summed E-state index contributed by atoms with van der Waals surface area (Å²) in [6.45, 7) is 0. The van der Waals surface area contributed by atoms with Crippen molar-refractivity contribution in [2.45, 2.75) is 0 Å². The zero-order chi connectivity index (χ0) is 26.4. The molecule has 0 aromatic heterocycles. The second-order valence-corrected chi connectivity index (χ2v) is 9.38. The van der Waals surface area contributed by atoms with Gasteiger partial charge in [-0.15, -0.1) is 0 Å². The van der Waals surface area contributed by atoms with Gasteiger partial charge in [0.25, 0.3) is 0 Å². The van der Waals surface area contributed by atoms with Crippen molar-refractivity contribution in [2.24, 2.45) is 5.84 Å². The molecule has 0 saturated carbocycles. The van der Waals surface area contributed by atoms with Gasteiger partial charge >= 0.3 is 0 Å². The first-order valence-corrected chi connectivity index (χ1v) is 13.1. The predicted molar refractivity (Wildman–Crippen MR) is 165 cm³/mol. The molecule has 0 aliphatic heterocycles. The molecule has 188 valence electrons. The Morgan fingerprint density at radius 2 is 0.872 bits per heavy atom. The van der Waals surface area contributed by atoms with E-state index < -0.39 is 0 Å². The number of nitrogens with two attached hydrogens (primary N) is 1. The van der Waals surface area contributed by atoms with E-state index in [1.165, 1.54) is 11.1 Å². The molecule has 39 heavy (non-hydrogen) atoms. The van der Waals surface area contributed by atoms with Gasteiger partial charge in [0, 0.05) is 22.5 Å². The van der Waals surface area contributed by atoms with Crippen molar-refractivity contribution in [1.29, 1.82) is 0 Å². The first-order valence-electron chi connectivity index (χ1n) is 13.1. The first kappa shape index (κ1) is 24.2. The second kappa shape index (κ2) is 11.1. The van der Waals surface area contributed by atoms with E-state index >= 15 is 0 Å². The highest BCUT2D eigenvalue weighted by molar-refractivity contribution is 6.00. The van der Waals surface area contributed by atoms with Gasteiger partial charge < -0.3 is 10.3 Å². The number of hydrogen-bond acceptors (Lipinski definition) is 3. The number of benzene rings is 6. The standard InChI is InChI=1S/C36H29N3/c37-38-31-20-13-23-33(26-31)39(32-21-11-4-12-22-32)36-34(28-16-7-2-8-17-28)24-30(27-14-5-1-6-15-27)25-35(36)29-18-9-3-10-19-29/h1-26,38H,37H2. The molecule has 0 bridgehead atoms. The summed E-state index contributed by atoms with van der Waals surface area (Å²) >= 11 is 0. The van der Waals surface area contributed by atoms with Gasteiger partial charge in [-0.1, -0.05) is 115 Å². The average molecular weight is 504 g/mol. The maximum absolute atomic E-state index is 5.85. The van der Waals surface area contributed by atoms with Crippen LogP contribution in [-0.2, 0) is 0 Å². The molecule has 0 spiro atoms. The third kappa shape index (κ3) is 5.04. The predicted octanol–water partition coefficient (Wildman–Crippen LogP) is 9.44. The molecule has 0 amide bonds. The molecule has 0 radical (unpaired) electrons. The summed E-state index contributed by atoms with van der Waals surface area (Å²) < 4.78 is 0. The average Bonchev–Trinajstić information content (AvgIpc) is 3.03. The molecule has 3 N–H and O–H groups in total. The van der Waals surface area contributed by atoms with Crippen molar-refractivity contribution in [3.05, 3.63) is 158 Å². The molecule has 6 aromatic carbocycles. The van der Waals surface area contributed by atoms with Crippen LogP contribution in [0.2, 0.25) is 0 Å². The van der Waals surface area contributed by atoms with Gasteiger partial charge in [-0.25, -0.2) is 0 Å². The van der Waals surface area contributed by atoms with Crippen LogP contribution in [0.1, 0.15) is 0 Å². The molecular weight excluding hydrogens is 474 g/mol. The Hall–Kier alpha value is -5.12. The Bertz CT molecular complexity index is 1600. The Kier molecular flexibility index (Phi) is 6.89. The molecule has 0 heterocycles. The third-order valence-corrected chi connectivity index (χ3v) is 6.90. The van der Waals surface area contributed by atoms with Crippen LogP contribution in [0.5, 0.6) is 0 Å². The van der Waals surface area contributed by atoms with Gasteiger partial charge in [-0.2, -0.15) is 0 Å². The lowest BCUT2D eigenvalue weighted by molar-refractivity contribution is 1.27. The van der Waals surface area contributed by atoms with Crippen molar-refractivity contribution >= 4 is 22.7 Å². The van der Waals surface area contributed by atoms with Crippen molar-refractivity contribution < 1.29 is 0 Å². The number of hydrogen-bond donors (Lipinski definition) is 2. The minimum Gasteiger partial charge on any atom is -0.324 e. The van der Waals surface area contributed by atoms with Crippen LogP contribution < -0.4 is 16.2 Å². The highest BCUT2D eigenvalue weighted by Crippen LogP contribution is 2.48. The fourth-order valence-corrected chi connectivity index (χ4v) is 5.07. The number of hydrazine groups is 1. The van der Waals surface area contributed by atoms with Crippen molar-refractivity contribution in [3.8, 4) is 33.4 Å². The van der Waals surface area contributed by atoms with Crippen LogP contribution in [-0.4, -0.2) is 0 Å². The maximum atomic E-state index is 5.85. The Balaban J connectivity index is 1.74. The number of nitrogens with one attached hydrogen (secondary N) is 1. The highest BCUT2D eigenvalue weighted by Gasteiger charge is 2.23. The van der Waals surface area contributed by atoms with E-state index in [0.29, 0.717) is 0 Å². The molecule has 6 rings (SSSR count). The minimum absolute atomic E-state index is 0.844. The molecule has 6 aromatic rings. The SMILES string of the molecule is NNc1cccc(N(c2ccccc2)c2c(-c3ccccc3)cc(-c3ccccc3)cc2-c2ccccc2)c1. The van der Waals surface area contributed by atoms with E-state index in [-0.39, 0.29) is 0 Å². The van der Waals surface area contributed by atoms with E-state index in [2.05, 4.69) is 150 Å². The molecule has 3 heteroatoms. The van der Waals surface area contributed by atoms with Gasteiger partial charge in [0.1, 0.15) is 0 Å². The van der Waals surface area contributed by atoms with Crippen LogP contribution in [0.3, 0.4) is 0 Å². The van der Waals surface area contributed by atoms with Gasteiger partial charge in [-0.3, -0.25) is 5.84 Å². The normalized spacial score (nSPS) is 10.7. The lowest BCUT2D eigenvalue weighted by atomic mass is 9.90. The number of para-hydroxylation sites is 1. The second-order valence-electron chi connectivity index (χ2n) is 9.38. The molecule has 0 unspecified atom stereocenters. The number of rotatable bonds is 7. The Morgan fingerprint density at radius 3 is 1.38 bits per heavy atom. The van der Waals surface area contributed by atoms with Crippen LogP contribution in [0.25, 0.3) is 33.4 Å². The number of nitrogens with zero attached hydrogens (tertiary/aromatic N) is 1. The van der Waals surface area contributed by atoms with Gasteiger partial charge in [-0.05, 0) is 64.7 Å². The first-order chi connectivity index (χ1) is 19.3. The molecule has 3 nitrogen and oxygen atoms in total. The van der Waals surface area contributed by atoms with Crippen LogP contribution in [0.15, 0.2) is 158 Å². The maximum Gasteiger partial charge on any atom is 0.0618 e. The summed E-state index contributed by atoms with van der Waals surface area (Å²) in [6.07, 6.45) is 0. The van der Waals surface area contributed by atoms with E-state index in [9.17, 15) is 0 Å². The highest BCUT2D eigenvalue weighted by atomic mass is 15.2. The summed E-state index contributed by atoms with van der Waals surface area (Å²) in [5, 5.41) is 0. The van der Waals surface area contributed by atoms with Crippen molar-refractivity contribution in [1.82, 2.24) is 0 Å². The molecule has 0 aliphatic carbocycles. The van der Waals surface area contributed by atoms with Crippen LogP contribution >= 0.6 is 0 Å². The summed E-state index contributed by atoms with van der Waals surface area (Å²) in [5.41, 5.74) is 13.8. The zero-order valence-electron chi connectivity index (χ0n) is 21.5. The molecule has 0 fully saturated rings. The minimum atomic E-state index is 0.844. The molecule has 0 saturated heterocycles. The lowest BCUT2D eigenvalue weighted by Gasteiger charge is -2.31. The van der Waals surface area contributed by atoms with Gasteiger partial charge in [0.05, 0.1) is 11.4 Å². The van der Waals surface area contributed by atoms with Crippen molar-refractivity contribution in [3.63, 3.8) is 0 Å².